The highest BCUT2D eigenvalue weighted by Crippen LogP contribution is 2.29. The minimum Gasteiger partial charge on any atom is -0.290 e. The summed E-state index contributed by atoms with van der Waals surface area (Å²) in [5, 5.41) is 0. The normalized spacial score (nSPS) is 18.2. The van der Waals surface area contributed by atoms with E-state index >= 15 is 0 Å². The second kappa shape index (κ2) is 7.86. The Kier molecular flexibility index (Phi) is 5.85. The van der Waals surface area contributed by atoms with Crippen molar-refractivity contribution >= 4 is 17.3 Å². The number of amidine groups is 1. The van der Waals surface area contributed by atoms with Gasteiger partial charge in [0.15, 0.2) is 0 Å². The third kappa shape index (κ3) is 3.53. The zero-order valence-electron chi connectivity index (χ0n) is 14.5. The SMILES string of the molecule is C=C(CC)N=C1/C(=C\C)C=C(c2ccccc2C)C(=O)N1CCF. The van der Waals surface area contributed by atoms with Crippen molar-refractivity contribution in [3.8, 4) is 0 Å². The molecule has 3 nitrogen and oxygen atoms in total. The van der Waals surface area contributed by atoms with Gasteiger partial charge in [-0.2, -0.15) is 0 Å². The van der Waals surface area contributed by atoms with Crippen LogP contribution in [0.25, 0.3) is 5.57 Å². The fraction of sp³-hybridized carbons (Fsp3) is 0.300. The standard InChI is InChI=1S/C20H23FN2O/c1-5-15(4)22-19-16(6-2)13-18(20(24)23(19)12-11-21)17-10-8-7-9-14(17)3/h6-10,13H,4-5,11-12H2,1-3H3/b16-6-,22-19?. The maximum absolute atomic E-state index is 13.1. The Morgan fingerprint density at radius 3 is 2.67 bits per heavy atom. The van der Waals surface area contributed by atoms with Gasteiger partial charge in [0, 0.05) is 16.8 Å². The van der Waals surface area contributed by atoms with Crippen LogP contribution in [-0.2, 0) is 4.79 Å². The minimum absolute atomic E-state index is 0.0186. The summed E-state index contributed by atoms with van der Waals surface area (Å²) in [7, 11) is 0. The lowest BCUT2D eigenvalue weighted by atomic mass is 9.93. The molecule has 0 bridgehead atoms. The number of allylic oxidation sites excluding steroid dienone is 2. The van der Waals surface area contributed by atoms with Gasteiger partial charge in [-0.15, -0.1) is 0 Å². The minimum atomic E-state index is -0.624. The topological polar surface area (TPSA) is 32.7 Å². The van der Waals surface area contributed by atoms with Crippen LogP contribution in [0.2, 0.25) is 0 Å². The van der Waals surface area contributed by atoms with Crippen LogP contribution < -0.4 is 0 Å². The number of amides is 1. The van der Waals surface area contributed by atoms with Crippen molar-refractivity contribution in [3.63, 3.8) is 0 Å². The highest BCUT2D eigenvalue weighted by atomic mass is 19.1. The number of hydrogen-bond acceptors (Lipinski definition) is 2. The largest absolute Gasteiger partial charge is 0.290 e. The van der Waals surface area contributed by atoms with Gasteiger partial charge in [0.2, 0.25) is 0 Å². The molecule has 1 amide bonds. The van der Waals surface area contributed by atoms with Crippen molar-refractivity contribution in [1.82, 2.24) is 4.90 Å². The molecule has 1 aromatic carbocycles. The van der Waals surface area contributed by atoms with Crippen molar-refractivity contribution in [2.24, 2.45) is 4.99 Å². The van der Waals surface area contributed by atoms with Gasteiger partial charge < -0.3 is 0 Å². The second-order valence-corrected chi connectivity index (χ2v) is 5.62. The van der Waals surface area contributed by atoms with E-state index in [1.807, 2.05) is 57.2 Å². The van der Waals surface area contributed by atoms with E-state index in [0.717, 1.165) is 16.7 Å². The van der Waals surface area contributed by atoms with Gasteiger partial charge in [-0.3, -0.25) is 9.69 Å². The Morgan fingerprint density at radius 2 is 2.08 bits per heavy atom. The van der Waals surface area contributed by atoms with Gasteiger partial charge in [0.1, 0.15) is 12.5 Å². The fourth-order valence-electron chi connectivity index (χ4n) is 2.61. The van der Waals surface area contributed by atoms with E-state index in [4.69, 9.17) is 0 Å². The first-order chi connectivity index (χ1) is 11.5. The molecule has 0 fully saturated rings. The van der Waals surface area contributed by atoms with Gasteiger partial charge in [0.05, 0.1) is 6.54 Å². The van der Waals surface area contributed by atoms with Crippen molar-refractivity contribution < 1.29 is 9.18 Å². The molecule has 1 heterocycles. The van der Waals surface area contributed by atoms with Crippen LogP contribution in [0.15, 0.2) is 59.3 Å². The number of alkyl halides is 1. The smallest absolute Gasteiger partial charge is 0.260 e. The highest BCUT2D eigenvalue weighted by molar-refractivity contribution is 6.31. The molecule has 0 spiro atoms. The van der Waals surface area contributed by atoms with E-state index in [0.29, 0.717) is 23.5 Å². The number of halogens is 1. The molecule has 0 saturated carbocycles. The third-order valence-electron chi connectivity index (χ3n) is 4.02. The maximum Gasteiger partial charge on any atom is 0.260 e. The summed E-state index contributed by atoms with van der Waals surface area (Å²) in [4.78, 5) is 18.8. The molecular weight excluding hydrogens is 303 g/mol. The molecule has 0 saturated heterocycles. The molecule has 2 rings (SSSR count). The number of hydrogen-bond donors (Lipinski definition) is 0. The first kappa shape index (κ1) is 17.9. The molecule has 24 heavy (non-hydrogen) atoms. The van der Waals surface area contributed by atoms with Crippen LogP contribution >= 0.6 is 0 Å². The van der Waals surface area contributed by atoms with Crippen LogP contribution in [-0.4, -0.2) is 29.9 Å². The highest BCUT2D eigenvalue weighted by Gasteiger charge is 2.30. The lowest BCUT2D eigenvalue weighted by Crippen LogP contribution is -2.42. The average Bonchev–Trinajstić information content (AvgIpc) is 2.59. The lowest BCUT2D eigenvalue weighted by molar-refractivity contribution is -0.121. The first-order valence-corrected chi connectivity index (χ1v) is 8.12. The second-order valence-electron chi connectivity index (χ2n) is 5.62. The summed E-state index contributed by atoms with van der Waals surface area (Å²) in [6, 6.07) is 7.70. The number of rotatable bonds is 5. The Balaban J connectivity index is 2.61. The summed E-state index contributed by atoms with van der Waals surface area (Å²) >= 11 is 0. The van der Waals surface area contributed by atoms with E-state index in [-0.39, 0.29) is 12.5 Å². The molecule has 126 valence electrons. The maximum atomic E-state index is 13.1. The van der Waals surface area contributed by atoms with Gasteiger partial charge in [-0.25, -0.2) is 9.38 Å². The molecular formula is C20H23FN2O. The predicted octanol–water partition coefficient (Wildman–Crippen LogP) is 4.46. The molecule has 0 aliphatic carbocycles. The third-order valence-corrected chi connectivity index (χ3v) is 4.02. The Hall–Kier alpha value is -2.49. The average molecular weight is 326 g/mol. The zero-order valence-corrected chi connectivity index (χ0v) is 14.5. The zero-order chi connectivity index (χ0) is 17.7. The van der Waals surface area contributed by atoms with E-state index in [1.165, 1.54) is 4.90 Å². The van der Waals surface area contributed by atoms with Crippen molar-refractivity contribution in [1.29, 1.82) is 0 Å². The van der Waals surface area contributed by atoms with Crippen molar-refractivity contribution in [2.45, 2.75) is 27.2 Å². The number of aryl methyl sites for hydroxylation is 1. The molecule has 1 aromatic rings. The quantitative estimate of drug-likeness (QED) is 0.786. The van der Waals surface area contributed by atoms with Crippen LogP contribution in [0.1, 0.15) is 31.4 Å². The lowest BCUT2D eigenvalue weighted by Gasteiger charge is -2.30. The number of carbonyl (C=O) groups excluding carboxylic acids is 1. The fourth-order valence-corrected chi connectivity index (χ4v) is 2.61. The number of nitrogens with zero attached hydrogens (tertiary/aromatic N) is 2. The summed E-state index contributed by atoms with van der Waals surface area (Å²) in [6.45, 7) is 9.03. The molecule has 4 heteroatoms. The predicted molar refractivity (Wildman–Crippen MR) is 97.5 cm³/mol. The molecule has 1 aliphatic heterocycles. The summed E-state index contributed by atoms with van der Waals surface area (Å²) in [5.74, 6) is 0.250. The number of aliphatic imine (C=N–C) groups is 1. The van der Waals surface area contributed by atoms with Gasteiger partial charge in [0.25, 0.3) is 5.91 Å². The molecule has 0 atom stereocenters. The summed E-state index contributed by atoms with van der Waals surface area (Å²) in [6.07, 6.45) is 4.39. The van der Waals surface area contributed by atoms with Gasteiger partial charge in [-0.1, -0.05) is 43.8 Å². The molecule has 1 aliphatic rings. The van der Waals surface area contributed by atoms with Crippen LogP contribution in [0, 0.1) is 6.92 Å². The van der Waals surface area contributed by atoms with Crippen LogP contribution in [0.4, 0.5) is 4.39 Å². The Bertz CT molecular complexity index is 744. The van der Waals surface area contributed by atoms with E-state index in [9.17, 15) is 9.18 Å². The van der Waals surface area contributed by atoms with Crippen LogP contribution in [0.5, 0.6) is 0 Å². The molecule has 0 unspecified atom stereocenters. The van der Waals surface area contributed by atoms with Crippen molar-refractivity contribution in [2.75, 3.05) is 13.2 Å². The molecule has 0 aromatic heterocycles. The van der Waals surface area contributed by atoms with E-state index in [2.05, 4.69) is 11.6 Å². The molecule has 0 N–H and O–H groups in total. The van der Waals surface area contributed by atoms with Gasteiger partial charge in [-0.05, 0) is 37.5 Å². The Morgan fingerprint density at radius 1 is 1.38 bits per heavy atom. The summed E-state index contributed by atoms with van der Waals surface area (Å²) in [5.41, 5.74) is 3.89. The number of benzene rings is 1. The number of carbonyl (C=O) groups is 1. The summed E-state index contributed by atoms with van der Waals surface area (Å²) < 4.78 is 13.1. The van der Waals surface area contributed by atoms with E-state index in [1.54, 1.807) is 0 Å². The van der Waals surface area contributed by atoms with Crippen LogP contribution in [0.3, 0.4) is 0 Å². The monoisotopic (exact) mass is 326 g/mol. The van der Waals surface area contributed by atoms with Gasteiger partial charge >= 0.3 is 0 Å². The van der Waals surface area contributed by atoms with E-state index < -0.39 is 6.67 Å². The van der Waals surface area contributed by atoms with Crippen molar-refractivity contribution in [3.05, 3.63) is 65.4 Å². The Labute approximate surface area is 142 Å². The first-order valence-electron chi connectivity index (χ1n) is 8.12. The molecule has 0 radical (unpaired) electrons.